The molecule has 0 fully saturated rings. The maximum Gasteiger partial charge on any atom is 0.161 e. The number of Topliss-reactive ketones (excluding diaryl/α,β-unsaturated/α-hetero) is 1. The monoisotopic (exact) mass is 518 g/mol. The van der Waals surface area contributed by atoms with E-state index in [1.807, 2.05) is 76.2 Å². The molecule has 140 valence electrons. The fourth-order valence-corrected chi connectivity index (χ4v) is 5.22. The van der Waals surface area contributed by atoms with Crippen molar-refractivity contribution in [2.24, 2.45) is 0 Å². The van der Waals surface area contributed by atoms with Gasteiger partial charge in [0.2, 0.25) is 0 Å². The minimum Gasteiger partial charge on any atom is -0.297 e. The molecule has 1 nitrogen and oxygen atoms in total. The van der Waals surface area contributed by atoms with E-state index in [0.717, 1.165) is 11.1 Å². The molecule has 0 amide bonds. The first kappa shape index (κ1) is 21.9. The SMILES string of the molecule is CC(C)(c1ccccc1Cl)C(Br)C(=O)C(Br)C(C)(C)c1ccccc1Cl. The van der Waals surface area contributed by atoms with Crippen LogP contribution in [0, 0.1) is 0 Å². The highest BCUT2D eigenvalue weighted by Gasteiger charge is 2.44. The van der Waals surface area contributed by atoms with Gasteiger partial charge in [-0.15, -0.1) is 0 Å². The number of halogens is 4. The van der Waals surface area contributed by atoms with Gasteiger partial charge in [0, 0.05) is 20.9 Å². The van der Waals surface area contributed by atoms with Crippen LogP contribution < -0.4 is 0 Å². The summed E-state index contributed by atoms with van der Waals surface area (Å²) in [4.78, 5) is 12.5. The van der Waals surface area contributed by atoms with Crippen molar-refractivity contribution in [1.29, 1.82) is 0 Å². The largest absolute Gasteiger partial charge is 0.297 e. The van der Waals surface area contributed by atoms with Crippen LogP contribution in [0.1, 0.15) is 38.8 Å². The Kier molecular flexibility index (Phi) is 7.04. The molecule has 0 aliphatic carbocycles. The predicted molar refractivity (Wildman–Crippen MR) is 119 cm³/mol. The molecule has 0 aliphatic rings. The van der Waals surface area contributed by atoms with Gasteiger partial charge in [-0.25, -0.2) is 0 Å². The highest BCUT2D eigenvalue weighted by molar-refractivity contribution is 9.10. The van der Waals surface area contributed by atoms with Crippen molar-refractivity contribution < 1.29 is 4.79 Å². The highest BCUT2D eigenvalue weighted by Crippen LogP contribution is 2.42. The molecule has 26 heavy (non-hydrogen) atoms. The van der Waals surface area contributed by atoms with Crippen LogP contribution in [0.4, 0.5) is 0 Å². The number of carbonyl (C=O) groups is 1. The lowest BCUT2D eigenvalue weighted by atomic mass is 9.74. The zero-order valence-corrected chi connectivity index (χ0v) is 19.9. The molecule has 0 bridgehead atoms. The Hall–Kier alpha value is -0.350. The van der Waals surface area contributed by atoms with Crippen LogP contribution in [-0.2, 0) is 15.6 Å². The summed E-state index contributed by atoms with van der Waals surface area (Å²) in [5.41, 5.74) is 0.926. The summed E-state index contributed by atoms with van der Waals surface area (Å²) in [5, 5.41) is 1.32. The summed E-state index contributed by atoms with van der Waals surface area (Å²) in [6, 6.07) is 15.3. The van der Waals surface area contributed by atoms with Gasteiger partial charge in [0.05, 0.1) is 9.65 Å². The molecule has 2 rings (SSSR count). The van der Waals surface area contributed by atoms with Crippen molar-refractivity contribution >= 4 is 60.8 Å². The molecule has 5 heteroatoms. The van der Waals surface area contributed by atoms with Crippen LogP contribution >= 0.6 is 55.1 Å². The van der Waals surface area contributed by atoms with Gasteiger partial charge in [0.15, 0.2) is 5.78 Å². The van der Waals surface area contributed by atoms with Crippen LogP contribution in [0.3, 0.4) is 0 Å². The average molecular weight is 521 g/mol. The third-order valence-corrected chi connectivity index (χ3v) is 8.75. The maximum atomic E-state index is 13.3. The zero-order valence-electron chi connectivity index (χ0n) is 15.2. The molecular formula is C21H22Br2Cl2O. The van der Waals surface area contributed by atoms with E-state index in [-0.39, 0.29) is 5.78 Å². The number of ketones is 1. The van der Waals surface area contributed by atoms with Gasteiger partial charge in [0.1, 0.15) is 0 Å². The second-order valence-corrected chi connectivity index (χ2v) is 10.2. The minimum atomic E-state index is -0.474. The lowest BCUT2D eigenvalue weighted by Crippen LogP contribution is -2.45. The quantitative estimate of drug-likeness (QED) is 0.364. The van der Waals surface area contributed by atoms with Crippen molar-refractivity contribution in [2.45, 2.75) is 48.2 Å². The topological polar surface area (TPSA) is 17.1 Å². The lowest BCUT2D eigenvalue weighted by molar-refractivity contribution is -0.119. The molecule has 2 atom stereocenters. The zero-order chi connectivity index (χ0) is 19.7. The first-order valence-electron chi connectivity index (χ1n) is 8.33. The molecule has 0 heterocycles. The molecule has 2 unspecified atom stereocenters. The van der Waals surface area contributed by atoms with Gasteiger partial charge in [-0.05, 0) is 23.3 Å². The molecule has 0 aromatic heterocycles. The number of alkyl halides is 2. The number of hydrogen-bond donors (Lipinski definition) is 0. The van der Waals surface area contributed by atoms with E-state index >= 15 is 0 Å². The molecule has 0 spiro atoms. The van der Waals surface area contributed by atoms with E-state index in [1.165, 1.54) is 0 Å². The molecule has 2 aromatic carbocycles. The number of benzene rings is 2. The normalized spacial score (nSPS) is 14.8. The Labute approximate surface area is 182 Å². The second kappa shape index (κ2) is 8.34. The van der Waals surface area contributed by atoms with Crippen LogP contribution in [0.25, 0.3) is 0 Å². The smallest absolute Gasteiger partial charge is 0.161 e. The van der Waals surface area contributed by atoms with Gasteiger partial charge in [-0.3, -0.25) is 4.79 Å². The summed E-state index contributed by atoms with van der Waals surface area (Å²) in [6.45, 7) is 8.09. The summed E-state index contributed by atoms with van der Waals surface area (Å²) in [6.07, 6.45) is 0. The molecule has 0 saturated heterocycles. The van der Waals surface area contributed by atoms with Crippen molar-refractivity contribution in [1.82, 2.24) is 0 Å². The van der Waals surface area contributed by atoms with Crippen molar-refractivity contribution in [3.05, 3.63) is 69.7 Å². The van der Waals surface area contributed by atoms with Gasteiger partial charge in [-0.1, -0.05) is 119 Å². The van der Waals surface area contributed by atoms with Crippen molar-refractivity contribution in [2.75, 3.05) is 0 Å². The standard InChI is InChI=1S/C21H22Br2Cl2O/c1-20(2,13-9-5-7-11-15(13)24)18(22)17(26)19(23)21(3,4)14-10-6-8-12-16(14)25/h5-12,18-19H,1-4H3. The molecule has 0 N–H and O–H groups in total. The third-order valence-electron chi connectivity index (χ3n) is 4.90. The Morgan fingerprint density at radius 1 is 0.769 bits per heavy atom. The minimum absolute atomic E-state index is 0.0554. The molecule has 0 saturated carbocycles. The first-order valence-corrected chi connectivity index (χ1v) is 10.9. The molecular weight excluding hydrogens is 499 g/mol. The van der Waals surface area contributed by atoms with E-state index < -0.39 is 20.5 Å². The highest BCUT2D eigenvalue weighted by atomic mass is 79.9. The number of rotatable bonds is 6. The van der Waals surface area contributed by atoms with Crippen LogP contribution in [0.2, 0.25) is 10.0 Å². The molecule has 0 radical (unpaired) electrons. The average Bonchev–Trinajstić information content (AvgIpc) is 2.60. The van der Waals surface area contributed by atoms with E-state index in [1.54, 1.807) is 0 Å². The Balaban J connectivity index is 2.35. The van der Waals surface area contributed by atoms with Gasteiger partial charge in [-0.2, -0.15) is 0 Å². The maximum absolute atomic E-state index is 13.3. The van der Waals surface area contributed by atoms with Crippen molar-refractivity contribution in [3.63, 3.8) is 0 Å². The molecule has 0 aliphatic heterocycles. The van der Waals surface area contributed by atoms with E-state index in [0.29, 0.717) is 10.0 Å². The molecule has 2 aromatic rings. The number of carbonyl (C=O) groups excluding carboxylic acids is 1. The number of hydrogen-bond acceptors (Lipinski definition) is 1. The fourth-order valence-electron chi connectivity index (χ4n) is 3.08. The van der Waals surface area contributed by atoms with E-state index in [2.05, 4.69) is 31.9 Å². The van der Waals surface area contributed by atoms with E-state index in [4.69, 9.17) is 23.2 Å². The summed E-state index contributed by atoms with van der Waals surface area (Å²) in [7, 11) is 0. The summed E-state index contributed by atoms with van der Waals surface area (Å²) >= 11 is 20.1. The first-order chi connectivity index (χ1) is 12.0. The lowest BCUT2D eigenvalue weighted by Gasteiger charge is -2.36. The van der Waals surface area contributed by atoms with Crippen molar-refractivity contribution in [3.8, 4) is 0 Å². The van der Waals surface area contributed by atoms with Crippen LogP contribution in [0.5, 0.6) is 0 Å². The second-order valence-electron chi connectivity index (χ2n) is 7.53. The van der Waals surface area contributed by atoms with Gasteiger partial charge < -0.3 is 0 Å². The summed E-state index contributed by atoms with van der Waals surface area (Å²) in [5.74, 6) is 0.0554. The fraction of sp³-hybridized carbons (Fsp3) is 0.381. The van der Waals surface area contributed by atoms with Crippen LogP contribution in [-0.4, -0.2) is 15.4 Å². The Bertz CT molecular complexity index is 737. The van der Waals surface area contributed by atoms with Gasteiger partial charge in [0.25, 0.3) is 0 Å². The predicted octanol–water partition coefficient (Wildman–Crippen LogP) is 7.34. The third kappa shape index (κ3) is 4.22. The summed E-state index contributed by atoms with van der Waals surface area (Å²) < 4.78 is 0. The van der Waals surface area contributed by atoms with Gasteiger partial charge >= 0.3 is 0 Å². The van der Waals surface area contributed by atoms with E-state index in [9.17, 15) is 4.79 Å². The Morgan fingerprint density at radius 2 is 1.08 bits per heavy atom. The van der Waals surface area contributed by atoms with Crippen LogP contribution in [0.15, 0.2) is 48.5 Å². The Morgan fingerprint density at radius 3 is 1.38 bits per heavy atom.